The molecule has 2 unspecified atom stereocenters. The Morgan fingerprint density at radius 1 is 1.31 bits per heavy atom. The third-order valence-corrected chi connectivity index (χ3v) is 6.09. The maximum Gasteiger partial charge on any atom is 0.256 e. The summed E-state index contributed by atoms with van der Waals surface area (Å²) in [6.45, 7) is 6.47. The van der Waals surface area contributed by atoms with E-state index in [0.717, 1.165) is 19.5 Å². The molecule has 0 spiro atoms. The number of rotatable bonds is 5. The number of nitrogens with zero attached hydrogens (tertiary/aromatic N) is 2. The number of likely N-dealkylation sites (N-methyl/N-ethyl adjacent to an activating group) is 1. The van der Waals surface area contributed by atoms with Crippen molar-refractivity contribution >= 4 is 29.2 Å². The average Bonchev–Trinajstić information content (AvgIpc) is 3.34. The second-order valence-corrected chi connectivity index (χ2v) is 7.98. The van der Waals surface area contributed by atoms with Crippen LogP contribution < -0.4 is 0 Å². The van der Waals surface area contributed by atoms with Gasteiger partial charge < -0.3 is 14.9 Å². The van der Waals surface area contributed by atoms with Crippen molar-refractivity contribution in [3.05, 3.63) is 64.2 Å². The summed E-state index contributed by atoms with van der Waals surface area (Å²) in [6, 6.07) is 13.4. The number of carbonyl (C=O) groups is 1. The molecule has 0 radical (unpaired) electrons. The summed E-state index contributed by atoms with van der Waals surface area (Å²) in [5, 5.41) is 0. The SMILES string of the molecule is CCN(C(=O)c1cc(F)cc2[nH]c(=S)[nH]c12)C1CCN(C(C)c2ccccc2)C1. The van der Waals surface area contributed by atoms with Gasteiger partial charge in [0.25, 0.3) is 5.91 Å². The number of aromatic amines is 2. The summed E-state index contributed by atoms with van der Waals surface area (Å²) >= 11 is 5.13. The number of nitrogens with one attached hydrogen (secondary N) is 2. The topological polar surface area (TPSA) is 55.1 Å². The van der Waals surface area contributed by atoms with Crippen molar-refractivity contribution in [1.29, 1.82) is 0 Å². The van der Waals surface area contributed by atoms with Crippen LogP contribution in [0.2, 0.25) is 0 Å². The maximum atomic E-state index is 14.1. The van der Waals surface area contributed by atoms with Crippen molar-refractivity contribution in [3.8, 4) is 0 Å². The predicted octanol–water partition coefficient (Wildman–Crippen LogP) is 4.66. The molecule has 2 N–H and O–H groups in total. The number of aromatic nitrogens is 2. The molecule has 152 valence electrons. The van der Waals surface area contributed by atoms with Gasteiger partial charge >= 0.3 is 0 Å². The number of H-pyrrole nitrogens is 2. The number of likely N-dealkylation sites (tertiary alicyclic amines) is 1. The zero-order valence-corrected chi connectivity index (χ0v) is 17.4. The van der Waals surface area contributed by atoms with E-state index in [0.29, 0.717) is 27.9 Å². The highest BCUT2D eigenvalue weighted by Crippen LogP contribution is 2.28. The Morgan fingerprint density at radius 3 is 2.79 bits per heavy atom. The van der Waals surface area contributed by atoms with Crippen LogP contribution in [0.4, 0.5) is 4.39 Å². The minimum Gasteiger partial charge on any atom is -0.335 e. The molecule has 0 saturated carbocycles. The quantitative estimate of drug-likeness (QED) is 0.599. The van der Waals surface area contributed by atoms with Gasteiger partial charge in [0, 0.05) is 31.7 Å². The summed E-state index contributed by atoms with van der Waals surface area (Å²) in [5.41, 5.74) is 2.67. The first-order valence-corrected chi connectivity index (χ1v) is 10.4. The van der Waals surface area contributed by atoms with Gasteiger partial charge in [0.1, 0.15) is 5.82 Å². The monoisotopic (exact) mass is 412 g/mol. The van der Waals surface area contributed by atoms with E-state index < -0.39 is 5.82 Å². The molecule has 3 aromatic rings. The number of amides is 1. The van der Waals surface area contributed by atoms with Crippen LogP contribution in [0, 0.1) is 10.6 Å². The number of hydrogen-bond donors (Lipinski definition) is 2. The molecule has 1 aliphatic heterocycles. The van der Waals surface area contributed by atoms with E-state index in [4.69, 9.17) is 12.2 Å². The minimum atomic E-state index is -0.451. The summed E-state index contributed by atoms with van der Waals surface area (Å²) < 4.78 is 14.5. The van der Waals surface area contributed by atoms with Crippen LogP contribution in [0.25, 0.3) is 11.0 Å². The Labute approximate surface area is 174 Å². The van der Waals surface area contributed by atoms with Crippen molar-refractivity contribution in [1.82, 2.24) is 19.8 Å². The van der Waals surface area contributed by atoms with Gasteiger partial charge in [0.05, 0.1) is 16.6 Å². The zero-order valence-electron chi connectivity index (χ0n) is 16.6. The van der Waals surface area contributed by atoms with Gasteiger partial charge in [0.2, 0.25) is 0 Å². The molecule has 2 heterocycles. The van der Waals surface area contributed by atoms with Crippen LogP contribution in [-0.2, 0) is 0 Å². The third-order valence-electron chi connectivity index (χ3n) is 5.89. The summed E-state index contributed by atoms with van der Waals surface area (Å²) in [6.07, 6.45) is 0.901. The van der Waals surface area contributed by atoms with E-state index in [1.165, 1.54) is 17.7 Å². The average molecular weight is 413 g/mol. The molecule has 1 fully saturated rings. The van der Waals surface area contributed by atoms with Gasteiger partial charge in [0.15, 0.2) is 4.77 Å². The van der Waals surface area contributed by atoms with E-state index in [1.807, 2.05) is 17.9 Å². The molecule has 5 nitrogen and oxygen atoms in total. The molecule has 4 rings (SSSR count). The lowest BCUT2D eigenvalue weighted by Crippen LogP contribution is -2.42. The van der Waals surface area contributed by atoms with Crippen molar-refractivity contribution < 1.29 is 9.18 Å². The fraction of sp³-hybridized carbons (Fsp3) is 0.364. The van der Waals surface area contributed by atoms with Crippen LogP contribution in [0.3, 0.4) is 0 Å². The molecule has 7 heteroatoms. The molecular weight excluding hydrogens is 387 g/mol. The summed E-state index contributed by atoms with van der Waals surface area (Å²) in [5.74, 6) is -0.616. The number of halogens is 1. The van der Waals surface area contributed by atoms with Crippen LogP contribution in [-0.4, -0.2) is 51.4 Å². The van der Waals surface area contributed by atoms with Crippen LogP contribution in [0.5, 0.6) is 0 Å². The number of benzene rings is 2. The highest BCUT2D eigenvalue weighted by Gasteiger charge is 2.33. The van der Waals surface area contributed by atoms with E-state index in [-0.39, 0.29) is 18.0 Å². The summed E-state index contributed by atoms with van der Waals surface area (Å²) in [4.78, 5) is 23.5. The van der Waals surface area contributed by atoms with Gasteiger partial charge in [-0.15, -0.1) is 0 Å². The minimum absolute atomic E-state index is 0.0962. The molecule has 2 aromatic carbocycles. The number of imidazole rings is 1. The first-order chi connectivity index (χ1) is 14.0. The van der Waals surface area contributed by atoms with Gasteiger partial charge in [-0.2, -0.15) is 0 Å². The van der Waals surface area contributed by atoms with E-state index in [1.54, 1.807) is 0 Å². The Morgan fingerprint density at radius 2 is 2.07 bits per heavy atom. The molecule has 0 bridgehead atoms. The van der Waals surface area contributed by atoms with E-state index in [9.17, 15) is 9.18 Å². The Hall–Kier alpha value is -2.51. The molecular formula is C22H25FN4OS. The molecule has 1 aromatic heterocycles. The highest BCUT2D eigenvalue weighted by molar-refractivity contribution is 7.71. The second-order valence-electron chi connectivity index (χ2n) is 7.57. The highest BCUT2D eigenvalue weighted by atomic mass is 32.1. The smallest absolute Gasteiger partial charge is 0.256 e. The van der Waals surface area contributed by atoms with Crippen LogP contribution >= 0.6 is 12.2 Å². The van der Waals surface area contributed by atoms with Crippen LogP contribution in [0.15, 0.2) is 42.5 Å². The van der Waals surface area contributed by atoms with E-state index in [2.05, 4.69) is 46.1 Å². The van der Waals surface area contributed by atoms with Crippen molar-refractivity contribution in [2.24, 2.45) is 0 Å². The maximum absolute atomic E-state index is 14.1. The number of hydrogen-bond acceptors (Lipinski definition) is 3. The normalized spacial score (nSPS) is 18.2. The molecule has 29 heavy (non-hydrogen) atoms. The van der Waals surface area contributed by atoms with Crippen molar-refractivity contribution in [3.63, 3.8) is 0 Å². The molecule has 0 aliphatic carbocycles. The zero-order chi connectivity index (χ0) is 20.5. The Bertz CT molecular complexity index is 1080. The predicted molar refractivity (Wildman–Crippen MR) is 115 cm³/mol. The summed E-state index contributed by atoms with van der Waals surface area (Å²) in [7, 11) is 0. The van der Waals surface area contributed by atoms with Gasteiger partial charge in [-0.25, -0.2) is 4.39 Å². The first kappa shape index (κ1) is 19.8. The van der Waals surface area contributed by atoms with Gasteiger partial charge in [-0.1, -0.05) is 30.3 Å². The fourth-order valence-corrected chi connectivity index (χ4v) is 4.53. The number of carbonyl (C=O) groups excluding carboxylic acids is 1. The lowest BCUT2D eigenvalue weighted by atomic mass is 10.1. The third kappa shape index (κ3) is 3.84. The fourth-order valence-electron chi connectivity index (χ4n) is 4.31. The lowest BCUT2D eigenvalue weighted by molar-refractivity contribution is 0.0690. The van der Waals surface area contributed by atoms with Crippen molar-refractivity contribution in [2.45, 2.75) is 32.4 Å². The molecule has 1 amide bonds. The standard InChI is InChI=1S/C22H25FN4OS/c1-3-27(17-9-10-26(13-17)14(2)15-7-5-4-6-8-15)21(28)18-11-16(23)12-19-20(18)25-22(29)24-19/h4-8,11-12,14,17H,3,9-10,13H2,1-2H3,(H2,24,25,29). The van der Waals surface area contributed by atoms with E-state index >= 15 is 0 Å². The van der Waals surface area contributed by atoms with Crippen molar-refractivity contribution in [2.75, 3.05) is 19.6 Å². The Balaban J connectivity index is 1.57. The molecule has 1 saturated heterocycles. The number of fused-ring (bicyclic) bond motifs is 1. The van der Waals surface area contributed by atoms with Gasteiger partial charge in [-0.3, -0.25) is 9.69 Å². The molecule has 2 atom stereocenters. The Kier molecular flexibility index (Phi) is 5.52. The second kappa shape index (κ2) is 8.08. The first-order valence-electron chi connectivity index (χ1n) is 9.99. The van der Waals surface area contributed by atoms with Crippen LogP contribution in [0.1, 0.15) is 42.2 Å². The van der Waals surface area contributed by atoms with Gasteiger partial charge in [-0.05, 0) is 50.2 Å². The molecule has 1 aliphatic rings. The largest absolute Gasteiger partial charge is 0.335 e. The lowest BCUT2D eigenvalue weighted by Gasteiger charge is -2.30.